The molecule has 2 rings (SSSR count). The average molecular weight is 261 g/mol. The Morgan fingerprint density at radius 1 is 1.32 bits per heavy atom. The molecule has 0 amide bonds. The van der Waals surface area contributed by atoms with E-state index in [2.05, 4.69) is 27.8 Å². The highest BCUT2D eigenvalue weighted by molar-refractivity contribution is 5.32. The summed E-state index contributed by atoms with van der Waals surface area (Å²) in [5.41, 5.74) is 1.14. The van der Waals surface area contributed by atoms with Gasteiger partial charge in [-0.25, -0.2) is 4.68 Å². The van der Waals surface area contributed by atoms with Crippen LogP contribution in [0.5, 0.6) is 5.75 Å². The minimum Gasteiger partial charge on any atom is -0.494 e. The maximum absolute atomic E-state index is 5.60. The summed E-state index contributed by atoms with van der Waals surface area (Å²) >= 11 is 0. The molecule has 0 aliphatic heterocycles. The van der Waals surface area contributed by atoms with E-state index in [4.69, 9.17) is 4.74 Å². The number of benzene rings is 1. The molecule has 0 bridgehead atoms. The van der Waals surface area contributed by atoms with Gasteiger partial charge in [0.1, 0.15) is 5.75 Å². The molecule has 0 saturated carbocycles. The molecule has 1 heterocycles. The summed E-state index contributed by atoms with van der Waals surface area (Å²) in [6.45, 7) is 6.25. The SMILES string of the molecule is CCCOc1cccc(CNc2nnnn2CC)c1. The van der Waals surface area contributed by atoms with Crippen molar-refractivity contribution in [2.24, 2.45) is 0 Å². The molecule has 0 aliphatic rings. The molecule has 0 atom stereocenters. The first-order chi connectivity index (χ1) is 9.33. The Balaban J connectivity index is 1.95. The van der Waals surface area contributed by atoms with Crippen LogP contribution in [0.3, 0.4) is 0 Å². The standard InChI is InChI=1S/C13H19N5O/c1-3-8-19-12-7-5-6-11(9-12)10-14-13-15-16-17-18(13)4-2/h5-7,9H,3-4,8,10H2,1-2H3,(H,14,15,17). The van der Waals surface area contributed by atoms with Crippen molar-refractivity contribution in [1.82, 2.24) is 20.2 Å². The molecule has 6 heteroatoms. The van der Waals surface area contributed by atoms with Gasteiger partial charge in [-0.3, -0.25) is 0 Å². The molecule has 0 saturated heterocycles. The van der Waals surface area contributed by atoms with Gasteiger partial charge in [0, 0.05) is 13.1 Å². The molecule has 1 aromatic heterocycles. The number of aryl methyl sites for hydroxylation is 1. The van der Waals surface area contributed by atoms with Crippen LogP contribution in [-0.4, -0.2) is 26.8 Å². The highest BCUT2D eigenvalue weighted by atomic mass is 16.5. The van der Waals surface area contributed by atoms with E-state index in [0.29, 0.717) is 12.5 Å². The largest absolute Gasteiger partial charge is 0.494 e. The lowest BCUT2D eigenvalue weighted by Crippen LogP contribution is -2.08. The molecule has 1 aromatic carbocycles. The lowest BCUT2D eigenvalue weighted by atomic mass is 10.2. The van der Waals surface area contributed by atoms with Crippen LogP contribution in [0.4, 0.5) is 5.95 Å². The van der Waals surface area contributed by atoms with Crippen molar-refractivity contribution < 1.29 is 4.74 Å². The predicted molar refractivity (Wildman–Crippen MR) is 73.0 cm³/mol. The number of aromatic nitrogens is 4. The minimum atomic E-state index is 0.670. The number of ether oxygens (including phenoxy) is 1. The van der Waals surface area contributed by atoms with Gasteiger partial charge in [-0.1, -0.05) is 24.2 Å². The number of anilines is 1. The number of nitrogens with zero attached hydrogens (tertiary/aromatic N) is 4. The first-order valence-electron chi connectivity index (χ1n) is 6.55. The number of tetrazole rings is 1. The first-order valence-corrected chi connectivity index (χ1v) is 6.55. The molecule has 0 spiro atoms. The highest BCUT2D eigenvalue weighted by Gasteiger charge is 2.03. The molecule has 0 unspecified atom stereocenters. The van der Waals surface area contributed by atoms with E-state index in [-0.39, 0.29) is 0 Å². The Morgan fingerprint density at radius 3 is 3.00 bits per heavy atom. The van der Waals surface area contributed by atoms with Gasteiger partial charge in [0.05, 0.1) is 6.61 Å². The summed E-state index contributed by atoms with van der Waals surface area (Å²) in [4.78, 5) is 0. The highest BCUT2D eigenvalue weighted by Crippen LogP contribution is 2.14. The lowest BCUT2D eigenvalue weighted by Gasteiger charge is -2.08. The summed E-state index contributed by atoms with van der Waals surface area (Å²) in [6, 6.07) is 8.04. The van der Waals surface area contributed by atoms with E-state index < -0.39 is 0 Å². The average Bonchev–Trinajstić information content (AvgIpc) is 2.91. The van der Waals surface area contributed by atoms with Crippen LogP contribution in [0.25, 0.3) is 0 Å². The van der Waals surface area contributed by atoms with E-state index in [1.165, 1.54) is 0 Å². The van der Waals surface area contributed by atoms with Gasteiger partial charge in [0.15, 0.2) is 0 Å². The topological polar surface area (TPSA) is 64.9 Å². The van der Waals surface area contributed by atoms with Crippen molar-refractivity contribution in [2.45, 2.75) is 33.4 Å². The van der Waals surface area contributed by atoms with Crippen LogP contribution in [0.15, 0.2) is 24.3 Å². The fraction of sp³-hybridized carbons (Fsp3) is 0.462. The summed E-state index contributed by atoms with van der Waals surface area (Å²) < 4.78 is 7.32. The molecule has 1 N–H and O–H groups in total. The van der Waals surface area contributed by atoms with Crippen molar-refractivity contribution >= 4 is 5.95 Å². The summed E-state index contributed by atoms with van der Waals surface area (Å²) in [6.07, 6.45) is 1.01. The molecule has 6 nitrogen and oxygen atoms in total. The van der Waals surface area contributed by atoms with Crippen molar-refractivity contribution in [2.75, 3.05) is 11.9 Å². The molecule has 0 fully saturated rings. The van der Waals surface area contributed by atoms with E-state index in [0.717, 1.165) is 30.9 Å². The van der Waals surface area contributed by atoms with Gasteiger partial charge in [-0.2, -0.15) is 0 Å². The zero-order valence-electron chi connectivity index (χ0n) is 11.3. The Hall–Kier alpha value is -2.11. The fourth-order valence-corrected chi connectivity index (χ4v) is 1.69. The number of hydrogen-bond acceptors (Lipinski definition) is 5. The molecular formula is C13H19N5O. The minimum absolute atomic E-state index is 0.670. The third-order valence-corrected chi connectivity index (χ3v) is 2.65. The predicted octanol–water partition coefficient (Wildman–Crippen LogP) is 2.09. The normalized spacial score (nSPS) is 10.4. The molecule has 0 radical (unpaired) electrons. The van der Waals surface area contributed by atoms with E-state index >= 15 is 0 Å². The van der Waals surface area contributed by atoms with Crippen LogP contribution in [0, 0.1) is 0 Å². The van der Waals surface area contributed by atoms with Crippen LogP contribution in [0.1, 0.15) is 25.8 Å². The zero-order valence-corrected chi connectivity index (χ0v) is 11.3. The molecule has 102 valence electrons. The Kier molecular flexibility index (Phi) is 4.72. The van der Waals surface area contributed by atoms with Gasteiger partial charge in [-0.15, -0.1) is 0 Å². The molecular weight excluding hydrogens is 242 g/mol. The zero-order chi connectivity index (χ0) is 13.5. The second-order valence-corrected chi connectivity index (χ2v) is 4.17. The maximum Gasteiger partial charge on any atom is 0.243 e. The van der Waals surface area contributed by atoms with Crippen molar-refractivity contribution in [3.8, 4) is 5.75 Å². The van der Waals surface area contributed by atoms with E-state index in [1.807, 2.05) is 31.2 Å². The van der Waals surface area contributed by atoms with Gasteiger partial charge < -0.3 is 10.1 Å². The van der Waals surface area contributed by atoms with Crippen LogP contribution in [-0.2, 0) is 13.1 Å². The smallest absolute Gasteiger partial charge is 0.243 e. The fourth-order valence-electron chi connectivity index (χ4n) is 1.69. The van der Waals surface area contributed by atoms with Gasteiger partial charge in [-0.05, 0) is 41.5 Å². The number of rotatable bonds is 7. The van der Waals surface area contributed by atoms with E-state index in [9.17, 15) is 0 Å². The monoisotopic (exact) mass is 261 g/mol. The molecule has 0 aliphatic carbocycles. The number of hydrogen-bond donors (Lipinski definition) is 1. The second-order valence-electron chi connectivity index (χ2n) is 4.17. The van der Waals surface area contributed by atoms with Crippen LogP contribution < -0.4 is 10.1 Å². The lowest BCUT2D eigenvalue weighted by molar-refractivity contribution is 0.317. The molecule has 19 heavy (non-hydrogen) atoms. The Labute approximate surface area is 112 Å². The first kappa shape index (κ1) is 13.3. The molecule has 2 aromatic rings. The quantitative estimate of drug-likeness (QED) is 0.826. The Morgan fingerprint density at radius 2 is 2.21 bits per heavy atom. The third kappa shape index (κ3) is 3.67. The second kappa shape index (κ2) is 6.72. The van der Waals surface area contributed by atoms with Crippen molar-refractivity contribution in [3.63, 3.8) is 0 Å². The number of nitrogens with one attached hydrogen (secondary N) is 1. The maximum atomic E-state index is 5.60. The van der Waals surface area contributed by atoms with Gasteiger partial charge in [0.25, 0.3) is 0 Å². The Bertz CT molecular complexity index is 511. The summed E-state index contributed by atoms with van der Waals surface area (Å²) in [7, 11) is 0. The third-order valence-electron chi connectivity index (χ3n) is 2.65. The van der Waals surface area contributed by atoms with Crippen LogP contribution in [0.2, 0.25) is 0 Å². The summed E-state index contributed by atoms with van der Waals surface area (Å²) in [5, 5.41) is 14.7. The van der Waals surface area contributed by atoms with Gasteiger partial charge in [0.2, 0.25) is 5.95 Å². The summed E-state index contributed by atoms with van der Waals surface area (Å²) in [5.74, 6) is 1.58. The van der Waals surface area contributed by atoms with E-state index in [1.54, 1.807) is 4.68 Å². The van der Waals surface area contributed by atoms with Crippen LogP contribution >= 0.6 is 0 Å². The van der Waals surface area contributed by atoms with Gasteiger partial charge >= 0.3 is 0 Å². The van der Waals surface area contributed by atoms with Crippen molar-refractivity contribution in [1.29, 1.82) is 0 Å². The van der Waals surface area contributed by atoms with Crippen molar-refractivity contribution in [3.05, 3.63) is 29.8 Å².